The van der Waals surface area contributed by atoms with Crippen LogP contribution >= 0.6 is 0 Å². The van der Waals surface area contributed by atoms with E-state index in [1.54, 1.807) is 19.1 Å². The fourth-order valence-electron chi connectivity index (χ4n) is 1.91. The van der Waals surface area contributed by atoms with Crippen LogP contribution in [0.1, 0.15) is 11.7 Å². The van der Waals surface area contributed by atoms with Gasteiger partial charge in [0.2, 0.25) is 11.8 Å². The largest absolute Gasteiger partial charge is 0.384 e. The molecule has 0 saturated carbocycles. The zero-order chi connectivity index (χ0) is 15.2. The van der Waals surface area contributed by atoms with Gasteiger partial charge in [0, 0.05) is 27.2 Å². The van der Waals surface area contributed by atoms with E-state index in [0.717, 1.165) is 0 Å². The zero-order valence-electron chi connectivity index (χ0n) is 12.2. The third-order valence-corrected chi connectivity index (χ3v) is 3.11. The summed E-state index contributed by atoms with van der Waals surface area (Å²) in [6.45, 7) is 1.91. The summed E-state index contributed by atoms with van der Waals surface area (Å²) in [6, 6.07) is -0.133. The van der Waals surface area contributed by atoms with Gasteiger partial charge in [0.05, 0.1) is 19.6 Å². The average molecular weight is 297 g/mol. The Kier molecular flexibility index (Phi) is 5.09. The molecular weight excluding hydrogens is 278 g/mol. The van der Waals surface area contributed by atoms with Crippen molar-refractivity contribution in [3.8, 4) is 0 Å². The number of nitrogens with one attached hydrogen (secondary N) is 1. The number of hydrogen-bond acceptors (Lipinski definition) is 6. The third kappa shape index (κ3) is 4.15. The van der Waals surface area contributed by atoms with Crippen molar-refractivity contribution in [1.29, 1.82) is 0 Å². The standard InChI is InChI=1S/C12H19N5O4/c1-16-4-5-17(12(16)19)8-10(18)13-7-9-14-11(21-15-9)3-6-20-2/h3-8H2,1-2H3,(H,13,18). The highest BCUT2D eigenvalue weighted by molar-refractivity contribution is 5.84. The van der Waals surface area contributed by atoms with Gasteiger partial charge in [-0.05, 0) is 0 Å². The van der Waals surface area contributed by atoms with Crippen molar-refractivity contribution in [2.24, 2.45) is 0 Å². The molecule has 9 heteroatoms. The van der Waals surface area contributed by atoms with Gasteiger partial charge in [0.1, 0.15) is 6.54 Å². The van der Waals surface area contributed by atoms with Crippen molar-refractivity contribution in [2.75, 3.05) is 40.4 Å². The quantitative estimate of drug-likeness (QED) is 0.710. The maximum atomic E-state index is 11.8. The van der Waals surface area contributed by atoms with Crippen LogP contribution in [0.25, 0.3) is 0 Å². The molecular formula is C12H19N5O4. The van der Waals surface area contributed by atoms with Crippen LogP contribution in [0.3, 0.4) is 0 Å². The molecule has 0 unspecified atom stereocenters. The van der Waals surface area contributed by atoms with Gasteiger partial charge in [-0.3, -0.25) is 4.79 Å². The fourth-order valence-corrected chi connectivity index (χ4v) is 1.91. The van der Waals surface area contributed by atoms with Gasteiger partial charge in [-0.15, -0.1) is 0 Å². The SMILES string of the molecule is COCCc1nc(CNC(=O)CN2CCN(C)C2=O)no1. The van der Waals surface area contributed by atoms with E-state index in [-0.39, 0.29) is 25.0 Å². The summed E-state index contributed by atoms with van der Waals surface area (Å²) < 4.78 is 9.91. The lowest BCUT2D eigenvalue weighted by atomic mass is 10.4. The van der Waals surface area contributed by atoms with E-state index in [1.165, 1.54) is 4.90 Å². The molecule has 1 saturated heterocycles. The summed E-state index contributed by atoms with van der Waals surface area (Å²) >= 11 is 0. The lowest BCUT2D eigenvalue weighted by molar-refractivity contribution is -0.121. The van der Waals surface area contributed by atoms with Crippen molar-refractivity contribution < 1.29 is 18.8 Å². The van der Waals surface area contributed by atoms with Crippen LogP contribution in [0, 0.1) is 0 Å². The summed E-state index contributed by atoms with van der Waals surface area (Å²) in [4.78, 5) is 30.6. The smallest absolute Gasteiger partial charge is 0.320 e. The molecule has 9 nitrogen and oxygen atoms in total. The van der Waals surface area contributed by atoms with E-state index in [2.05, 4.69) is 15.5 Å². The van der Waals surface area contributed by atoms with Gasteiger partial charge in [-0.2, -0.15) is 4.98 Å². The Morgan fingerprint density at radius 3 is 2.95 bits per heavy atom. The first-order valence-corrected chi connectivity index (χ1v) is 6.67. The van der Waals surface area contributed by atoms with E-state index in [9.17, 15) is 9.59 Å². The molecule has 0 radical (unpaired) electrons. The molecule has 0 atom stereocenters. The molecule has 3 amide bonds. The number of hydrogen-bond donors (Lipinski definition) is 1. The van der Waals surface area contributed by atoms with Crippen molar-refractivity contribution in [3.63, 3.8) is 0 Å². The Bertz CT molecular complexity index is 504. The van der Waals surface area contributed by atoms with Crippen LogP contribution in [0.5, 0.6) is 0 Å². The number of rotatable bonds is 7. The molecule has 2 rings (SSSR count). The van der Waals surface area contributed by atoms with Crippen molar-refractivity contribution in [1.82, 2.24) is 25.3 Å². The molecule has 1 fully saturated rings. The van der Waals surface area contributed by atoms with Crippen LogP contribution in [-0.2, 0) is 22.5 Å². The number of carbonyl (C=O) groups is 2. The number of nitrogens with zero attached hydrogens (tertiary/aromatic N) is 4. The molecule has 1 aliphatic rings. The van der Waals surface area contributed by atoms with Crippen molar-refractivity contribution in [2.45, 2.75) is 13.0 Å². The Balaban J connectivity index is 1.73. The maximum Gasteiger partial charge on any atom is 0.320 e. The highest BCUT2D eigenvalue weighted by Gasteiger charge is 2.26. The molecule has 1 aliphatic heterocycles. The molecule has 0 bridgehead atoms. The maximum absolute atomic E-state index is 11.8. The zero-order valence-corrected chi connectivity index (χ0v) is 12.2. The van der Waals surface area contributed by atoms with Crippen LogP contribution in [0.2, 0.25) is 0 Å². The minimum absolute atomic E-state index is 0.0392. The number of likely N-dealkylation sites (N-methyl/N-ethyl adjacent to an activating group) is 1. The van der Waals surface area contributed by atoms with Crippen molar-refractivity contribution in [3.05, 3.63) is 11.7 Å². The van der Waals surface area contributed by atoms with Gasteiger partial charge in [-0.25, -0.2) is 4.79 Å². The van der Waals surface area contributed by atoms with E-state index >= 15 is 0 Å². The predicted molar refractivity (Wildman–Crippen MR) is 71.3 cm³/mol. The lowest BCUT2D eigenvalue weighted by Gasteiger charge is -2.14. The molecule has 116 valence electrons. The van der Waals surface area contributed by atoms with E-state index in [0.29, 0.717) is 37.8 Å². The Labute approximate surface area is 122 Å². The van der Waals surface area contributed by atoms with Crippen molar-refractivity contribution >= 4 is 11.9 Å². The average Bonchev–Trinajstić information content (AvgIpc) is 3.05. The minimum atomic E-state index is -0.248. The molecule has 2 heterocycles. The van der Waals surface area contributed by atoms with Gasteiger partial charge < -0.3 is 24.4 Å². The van der Waals surface area contributed by atoms with Gasteiger partial charge in [0.25, 0.3) is 0 Å². The monoisotopic (exact) mass is 297 g/mol. The van der Waals surface area contributed by atoms with Crippen LogP contribution < -0.4 is 5.32 Å². The first-order chi connectivity index (χ1) is 10.1. The Hall–Kier alpha value is -2.16. The van der Waals surface area contributed by atoms with E-state index in [4.69, 9.17) is 9.26 Å². The van der Waals surface area contributed by atoms with Gasteiger partial charge in [0.15, 0.2) is 5.82 Å². The number of ether oxygens (including phenoxy) is 1. The van der Waals surface area contributed by atoms with Crippen LogP contribution in [0.15, 0.2) is 4.52 Å². The second-order valence-corrected chi connectivity index (χ2v) is 4.75. The number of urea groups is 1. The Morgan fingerprint density at radius 2 is 2.29 bits per heavy atom. The van der Waals surface area contributed by atoms with Crippen LogP contribution in [0.4, 0.5) is 4.79 Å². The number of amides is 3. The van der Waals surface area contributed by atoms with Crippen LogP contribution in [-0.4, -0.2) is 72.3 Å². The number of aromatic nitrogens is 2. The third-order valence-electron chi connectivity index (χ3n) is 3.11. The molecule has 1 aromatic rings. The first kappa shape index (κ1) is 15.2. The highest BCUT2D eigenvalue weighted by Crippen LogP contribution is 2.05. The second kappa shape index (κ2) is 7.02. The van der Waals surface area contributed by atoms with Gasteiger partial charge in [-0.1, -0.05) is 5.16 Å². The second-order valence-electron chi connectivity index (χ2n) is 4.75. The molecule has 1 aromatic heterocycles. The summed E-state index contributed by atoms with van der Waals surface area (Å²) in [5.74, 6) is 0.624. The summed E-state index contributed by atoms with van der Waals surface area (Å²) in [5, 5.41) is 6.42. The van der Waals surface area contributed by atoms with Gasteiger partial charge >= 0.3 is 6.03 Å². The van der Waals surface area contributed by atoms with E-state index < -0.39 is 0 Å². The topological polar surface area (TPSA) is 101 Å². The molecule has 0 aliphatic carbocycles. The summed E-state index contributed by atoms with van der Waals surface area (Å²) in [5.41, 5.74) is 0. The summed E-state index contributed by atoms with van der Waals surface area (Å²) in [7, 11) is 3.30. The molecule has 1 N–H and O–H groups in total. The Morgan fingerprint density at radius 1 is 1.48 bits per heavy atom. The normalized spacial score (nSPS) is 14.9. The first-order valence-electron chi connectivity index (χ1n) is 6.67. The fraction of sp³-hybridized carbons (Fsp3) is 0.667. The predicted octanol–water partition coefficient (Wildman–Crippen LogP) is -0.758. The minimum Gasteiger partial charge on any atom is -0.384 e. The lowest BCUT2D eigenvalue weighted by Crippen LogP contribution is -2.39. The number of methoxy groups -OCH3 is 1. The molecule has 21 heavy (non-hydrogen) atoms. The summed E-state index contributed by atoms with van der Waals surface area (Å²) in [6.07, 6.45) is 0.534. The molecule has 0 spiro atoms. The number of carbonyl (C=O) groups excluding carboxylic acids is 2. The van der Waals surface area contributed by atoms with E-state index in [1.807, 2.05) is 0 Å². The molecule has 0 aromatic carbocycles. The highest BCUT2D eigenvalue weighted by atomic mass is 16.5.